The number of phenols is 1. The molecule has 2 rings (SSSR count). The van der Waals surface area contributed by atoms with Crippen LogP contribution in [0.4, 0.5) is 5.00 Å². The van der Waals surface area contributed by atoms with Crippen molar-refractivity contribution in [2.75, 3.05) is 33.3 Å². The van der Waals surface area contributed by atoms with Gasteiger partial charge in [-0.05, 0) is 30.7 Å². The van der Waals surface area contributed by atoms with Crippen molar-refractivity contribution in [1.29, 1.82) is 0 Å². The summed E-state index contributed by atoms with van der Waals surface area (Å²) in [5.41, 5.74) is 0.0951. The van der Waals surface area contributed by atoms with Crippen LogP contribution in [0.2, 0.25) is 0 Å². The van der Waals surface area contributed by atoms with Gasteiger partial charge in [0.25, 0.3) is 5.91 Å². The minimum Gasteiger partial charge on any atom is -0.507 e. The lowest BCUT2D eigenvalue weighted by Crippen LogP contribution is -2.21. The topological polar surface area (TPSA) is 137 Å². The number of phenolic OH excluding ortho intramolecular Hbond substituents is 1. The van der Waals surface area contributed by atoms with Crippen LogP contribution in [-0.2, 0) is 19.0 Å². The van der Waals surface area contributed by atoms with Gasteiger partial charge in [0.05, 0.1) is 26.9 Å². The van der Waals surface area contributed by atoms with Gasteiger partial charge in [-0.2, -0.15) is 0 Å². The van der Waals surface area contributed by atoms with Crippen molar-refractivity contribution in [3.63, 3.8) is 0 Å². The summed E-state index contributed by atoms with van der Waals surface area (Å²) in [7, 11) is 3.73. The molecule has 0 aliphatic rings. The quantitative estimate of drug-likeness (QED) is 0.493. The Morgan fingerprint density at radius 3 is 2.30 bits per heavy atom. The average Bonchev–Trinajstić information content (AvgIpc) is 3.06. The van der Waals surface area contributed by atoms with E-state index in [0.29, 0.717) is 5.75 Å². The zero-order valence-corrected chi connectivity index (χ0v) is 17.4. The van der Waals surface area contributed by atoms with Crippen LogP contribution in [0.3, 0.4) is 0 Å². The monoisotopic (exact) mass is 437 g/mol. The number of carbonyl (C=O) groups is 4. The lowest BCUT2D eigenvalue weighted by atomic mass is 10.1. The van der Waals surface area contributed by atoms with Gasteiger partial charge in [0.1, 0.15) is 26.9 Å². The van der Waals surface area contributed by atoms with Crippen molar-refractivity contribution in [3.8, 4) is 11.5 Å². The molecule has 11 heteroatoms. The van der Waals surface area contributed by atoms with Crippen LogP contribution < -0.4 is 10.1 Å². The molecule has 0 spiro atoms. The average molecular weight is 437 g/mol. The molecule has 160 valence electrons. The van der Waals surface area contributed by atoms with Crippen molar-refractivity contribution in [3.05, 3.63) is 39.8 Å². The summed E-state index contributed by atoms with van der Waals surface area (Å²) in [4.78, 5) is 48.4. The summed E-state index contributed by atoms with van der Waals surface area (Å²) >= 11 is 0.825. The van der Waals surface area contributed by atoms with Gasteiger partial charge in [0.2, 0.25) is 0 Å². The highest BCUT2D eigenvalue weighted by atomic mass is 32.1. The Kier molecular flexibility index (Phi) is 7.37. The van der Waals surface area contributed by atoms with Gasteiger partial charge in [-0.25, -0.2) is 14.4 Å². The maximum Gasteiger partial charge on any atom is 0.348 e. The predicted octanol–water partition coefficient (Wildman–Crippen LogP) is 2.14. The molecule has 0 saturated heterocycles. The summed E-state index contributed by atoms with van der Waals surface area (Å²) in [6.45, 7) is 0.802. The molecule has 0 unspecified atom stereocenters. The van der Waals surface area contributed by atoms with Crippen LogP contribution in [0.25, 0.3) is 0 Å². The molecule has 0 fully saturated rings. The smallest absolute Gasteiger partial charge is 0.348 e. The van der Waals surface area contributed by atoms with E-state index >= 15 is 0 Å². The normalized spacial score (nSPS) is 10.1. The van der Waals surface area contributed by atoms with E-state index in [4.69, 9.17) is 14.2 Å². The highest BCUT2D eigenvalue weighted by Crippen LogP contribution is 2.34. The minimum absolute atomic E-state index is 0.00647. The largest absolute Gasteiger partial charge is 0.507 e. The number of hydrogen-bond donors (Lipinski definition) is 2. The number of carbonyl (C=O) groups excluding carboxylic acids is 4. The first-order chi connectivity index (χ1) is 14.2. The molecule has 1 aromatic carbocycles. The van der Waals surface area contributed by atoms with Crippen molar-refractivity contribution in [2.24, 2.45) is 0 Å². The van der Waals surface area contributed by atoms with Gasteiger partial charge in [-0.1, -0.05) is 0 Å². The van der Waals surface area contributed by atoms with Crippen LogP contribution in [0.5, 0.6) is 11.5 Å². The Labute approximate surface area is 175 Å². The fourth-order valence-corrected chi connectivity index (χ4v) is 3.54. The third kappa shape index (κ3) is 4.87. The van der Waals surface area contributed by atoms with Crippen molar-refractivity contribution in [1.82, 2.24) is 0 Å². The van der Waals surface area contributed by atoms with E-state index in [1.807, 2.05) is 0 Å². The fourth-order valence-electron chi connectivity index (χ4n) is 2.41. The number of ether oxygens (including phenoxy) is 4. The summed E-state index contributed by atoms with van der Waals surface area (Å²) in [5.74, 6) is -3.18. The van der Waals surface area contributed by atoms with Gasteiger partial charge in [0.15, 0.2) is 6.61 Å². The fraction of sp³-hybridized carbons (Fsp3) is 0.263. The van der Waals surface area contributed by atoms with Crippen LogP contribution >= 0.6 is 11.3 Å². The third-order valence-corrected chi connectivity index (χ3v) is 5.11. The Hall–Kier alpha value is -3.60. The number of methoxy groups -OCH3 is 3. The second-order valence-corrected chi connectivity index (χ2v) is 6.77. The van der Waals surface area contributed by atoms with Gasteiger partial charge in [0, 0.05) is 0 Å². The van der Waals surface area contributed by atoms with Crippen LogP contribution in [0, 0.1) is 6.92 Å². The number of benzene rings is 1. The molecule has 30 heavy (non-hydrogen) atoms. The van der Waals surface area contributed by atoms with Gasteiger partial charge >= 0.3 is 17.9 Å². The third-order valence-electron chi connectivity index (χ3n) is 3.92. The first-order valence-electron chi connectivity index (χ1n) is 8.37. The summed E-state index contributed by atoms with van der Waals surface area (Å²) in [6.07, 6.45) is 0. The van der Waals surface area contributed by atoms with Crippen LogP contribution in [-0.4, -0.2) is 56.9 Å². The maximum absolute atomic E-state index is 12.2. The molecule has 1 aromatic heterocycles. The number of nitrogens with one attached hydrogen (secondary N) is 1. The number of rotatable bonds is 7. The Balaban J connectivity index is 2.15. The summed E-state index contributed by atoms with van der Waals surface area (Å²) in [6, 6.07) is 3.96. The number of thiophene rings is 1. The second-order valence-electron chi connectivity index (χ2n) is 5.75. The number of aromatic hydroxyl groups is 1. The van der Waals surface area contributed by atoms with Crippen molar-refractivity contribution < 1.29 is 43.2 Å². The lowest BCUT2D eigenvalue weighted by molar-refractivity contribution is -0.119. The standard InChI is InChI=1S/C19H19NO9S/c1-9-14(18(24)27-3)16(30-15(9)19(25)28-4)20-13(22)8-29-17(23)11-7-10(26-2)5-6-12(11)21/h5-7,21H,8H2,1-4H3,(H,20,22). The second kappa shape index (κ2) is 9.74. The highest BCUT2D eigenvalue weighted by Gasteiger charge is 2.27. The molecule has 2 aromatic rings. The molecular formula is C19H19NO9S. The van der Waals surface area contributed by atoms with Gasteiger partial charge in [-0.3, -0.25) is 4.79 Å². The molecule has 10 nitrogen and oxygen atoms in total. The Morgan fingerprint density at radius 2 is 1.70 bits per heavy atom. The van der Waals surface area contributed by atoms with Crippen molar-refractivity contribution >= 4 is 40.2 Å². The maximum atomic E-state index is 12.2. The molecule has 0 aliphatic carbocycles. The Morgan fingerprint density at radius 1 is 1.03 bits per heavy atom. The van der Waals surface area contributed by atoms with E-state index in [2.05, 4.69) is 10.1 Å². The zero-order valence-electron chi connectivity index (χ0n) is 16.6. The first kappa shape index (κ1) is 22.7. The number of esters is 3. The molecule has 0 saturated carbocycles. The van der Waals surface area contributed by atoms with Crippen molar-refractivity contribution in [2.45, 2.75) is 6.92 Å². The molecule has 1 amide bonds. The van der Waals surface area contributed by atoms with E-state index in [9.17, 15) is 24.3 Å². The molecule has 0 radical (unpaired) electrons. The molecule has 2 N–H and O–H groups in total. The SMILES string of the molecule is COC(=O)c1sc(NC(=O)COC(=O)c2cc(OC)ccc2O)c(C(=O)OC)c1C. The number of amides is 1. The summed E-state index contributed by atoms with van der Waals surface area (Å²) in [5, 5.41) is 12.2. The minimum atomic E-state index is -0.952. The van der Waals surface area contributed by atoms with E-state index in [-0.39, 0.29) is 32.3 Å². The van der Waals surface area contributed by atoms with E-state index < -0.39 is 30.4 Å². The number of anilines is 1. The molecule has 1 heterocycles. The molecule has 0 atom stereocenters. The van der Waals surface area contributed by atoms with Gasteiger partial charge in [-0.15, -0.1) is 11.3 Å². The van der Waals surface area contributed by atoms with E-state index in [0.717, 1.165) is 18.4 Å². The van der Waals surface area contributed by atoms with Gasteiger partial charge < -0.3 is 29.4 Å². The molecule has 0 bridgehead atoms. The van der Waals surface area contributed by atoms with Crippen LogP contribution in [0.15, 0.2) is 18.2 Å². The zero-order chi connectivity index (χ0) is 22.4. The summed E-state index contributed by atoms with van der Waals surface area (Å²) < 4.78 is 19.2. The molecular weight excluding hydrogens is 418 g/mol. The predicted molar refractivity (Wildman–Crippen MR) is 105 cm³/mol. The van der Waals surface area contributed by atoms with Crippen LogP contribution in [0.1, 0.15) is 36.0 Å². The first-order valence-corrected chi connectivity index (χ1v) is 9.19. The number of hydrogen-bond acceptors (Lipinski definition) is 10. The lowest BCUT2D eigenvalue weighted by Gasteiger charge is -2.09. The van der Waals surface area contributed by atoms with E-state index in [1.165, 1.54) is 39.3 Å². The van der Waals surface area contributed by atoms with E-state index in [1.54, 1.807) is 0 Å². The highest BCUT2D eigenvalue weighted by molar-refractivity contribution is 7.18. The molecule has 0 aliphatic heterocycles. The Bertz CT molecular complexity index is 996.